The fraction of sp³-hybridized carbons (Fsp3) is 0.389. The maximum absolute atomic E-state index is 12.8. The summed E-state index contributed by atoms with van der Waals surface area (Å²) in [6, 6.07) is 5.08. The van der Waals surface area contributed by atoms with E-state index >= 15 is 0 Å². The summed E-state index contributed by atoms with van der Waals surface area (Å²) in [5.74, 6) is -1.70. The Morgan fingerprint density at radius 3 is 2.39 bits per heavy atom. The van der Waals surface area contributed by atoms with Gasteiger partial charge < -0.3 is 14.5 Å². The molecule has 152 valence electrons. The number of ether oxygens (including phenoxy) is 2. The normalized spacial score (nSPS) is 12.8. The lowest BCUT2D eigenvalue weighted by atomic mass is 10.1. The van der Waals surface area contributed by atoms with Crippen molar-refractivity contribution in [2.75, 3.05) is 20.2 Å². The zero-order chi connectivity index (χ0) is 21.1. The smallest absolute Gasteiger partial charge is 0.346 e. The highest BCUT2D eigenvalue weighted by Gasteiger charge is 2.25. The summed E-state index contributed by atoms with van der Waals surface area (Å²) in [7, 11) is -2.62. The highest BCUT2D eigenvalue weighted by molar-refractivity contribution is 7.89. The minimum Gasteiger partial charge on any atom is -0.466 e. The van der Waals surface area contributed by atoms with Crippen molar-refractivity contribution in [2.24, 2.45) is 0 Å². The molecule has 0 spiro atoms. The molecule has 10 heteroatoms. The molecule has 1 aromatic heterocycles. The largest absolute Gasteiger partial charge is 0.466 e. The van der Waals surface area contributed by atoms with Gasteiger partial charge in [-0.15, -0.1) is 0 Å². The number of carbonyl (C=O) groups is 2. The molecule has 0 aliphatic heterocycles. The molecule has 0 radical (unpaired) electrons. The van der Waals surface area contributed by atoms with E-state index in [0.29, 0.717) is 0 Å². The number of sulfonamides is 1. The van der Waals surface area contributed by atoms with Crippen LogP contribution in [0, 0.1) is 0 Å². The maximum Gasteiger partial charge on any atom is 0.346 e. The van der Waals surface area contributed by atoms with E-state index < -0.39 is 33.6 Å². The fourth-order valence-electron chi connectivity index (χ4n) is 2.71. The summed E-state index contributed by atoms with van der Waals surface area (Å²) in [4.78, 5) is 38.4. The van der Waals surface area contributed by atoms with Gasteiger partial charge in [0.25, 0.3) is 0 Å². The van der Waals surface area contributed by atoms with E-state index in [1.54, 1.807) is 13.8 Å². The minimum atomic E-state index is -3.77. The molecule has 0 fully saturated rings. The van der Waals surface area contributed by atoms with Gasteiger partial charge in [0.15, 0.2) is 6.10 Å². The van der Waals surface area contributed by atoms with Gasteiger partial charge in [-0.3, -0.25) is 4.79 Å². The van der Waals surface area contributed by atoms with Crippen LogP contribution in [-0.4, -0.2) is 55.9 Å². The zero-order valence-electron chi connectivity index (χ0n) is 16.0. The van der Waals surface area contributed by atoms with Crippen molar-refractivity contribution in [3.63, 3.8) is 0 Å². The van der Waals surface area contributed by atoms with Crippen LogP contribution in [0.2, 0.25) is 0 Å². The number of benzene rings is 1. The summed E-state index contributed by atoms with van der Waals surface area (Å²) < 4.78 is 36.4. The molecule has 0 unspecified atom stereocenters. The molecule has 9 nitrogen and oxygen atoms in total. The number of pyridine rings is 1. The Balaban J connectivity index is 2.59. The number of aromatic amines is 1. The number of esters is 2. The van der Waals surface area contributed by atoms with Crippen molar-refractivity contribution in [2.45, 2.75) is 31.8 Å². The van der Waals surface area contributed by atoms with E-state index in [1.807, 2.05) is 0 Å². The quantitative estimate of drug-likeness (QED) is 0.682. The Bertz CT molecular complexity index is 1060. The van der Waals surface area contributed by atoms with Crippen LogP contribution < -0.4 is 5.56 Å². The second kappa shape index (κ2) is 8.53. The van der Waals surface area contributed by atoms with Crippen molar-refractivity contribution < 1.29 is 27.5 Å². The van der Waals surface area contributed by atoms with Crippen molar-refractivity contribution in [3.05, 3.63) is 40.2 Å². The van der Waals surface area contributed by atoms with Crippen LogP contribution in [0.15, 0.2) is 34.0 Å². The van der Waals surface area contributed by atoms with Gasteiger partial charge in [-0.1, -0.05) is 13.8 Å². The van der Waals surface area contributed by atoms with Gasteiger partial charge in [-0.25, -0.2) is 18.0 Å². The summed E-state index contributed by atoms with van der Waals surface area (Å²) >= 11 is 0. The molecule has 1 atom stereocenters. The highest BCUT2D eigenvalue weighted by Crippen LogP contribution is 2.23. The number of fused-ring (bicyclic) bond motifs is 1. The monoisotopic (exact) mass is 410 g/mol. The van der Waals surface area contributed by atoms with Crippen molar-refractivity contribution >= 4 is 32.9 Å². The van der Waals surface area contributed by atoms with Crippen LogP contribution in [0.5, 0.6) is 0 Å². The zero-order valence-corrected chi connectivity index (χ0v) is 16.8. The Labute approximate surface area is 162 Å². The number of rotatable bonds is 7. The first-order chi connectivity index (χ1) is 13.1. The molecular formula is C18H22N2O7S. The molecule has 1 N–H and O–H groups in total. The van der Waals surface area contributed by atoms with Crippen molar-refractivity contribution in [1.82, 2.24) is 9.29 Å². The molecule has 0 saturated carbocycles. The van der Waals surface area contributed by atoms with Crippen LogP contribution in [0.4, 0.5) is 0 Å². The summed E-state index contributed by atoms with van der Waals surface area (Å²) in [6.45, 7) is 5.34. The van der Waals surface area contributed by atoms with E-state index in [0.717, 1.165) is 13.2 Å². The molecule has 2 rings (SSSR count). The third-order valence-electron chi connectivity index (χ3n) is 4.19. The number of nitrogens with zero attached hydrogens (tertiary/aromatic N) is 1. The van der Waals surface area contributed by atoms with E-state index in [1.165, 1.54) is 29.4 Å². The number of aromatic nitrogens is 1. The SMILES string of the molecule is CCN(CC)S(=O)(=O)c1ccc2[nH]c(=O)cc(C(=O)O[C@@H](C)C(=O)OC)c2c1. The first-order valence-corrected chi connectivity index (χ1v) is 10.1. The van der Waals surface area contributed by atoms with Crippen LogP contribution in [0.3, 0.4) is 0 Å². The van der Waals surface area contributed by atoms with Crippen molar-refractivity contribution in [1.29, 1.82) is 0 Å². The van der Waals surface area contributed by atoms with Gasteiger partial charge in [0, 0.05) is 30.1 Å². The molecule has 0 bridgehead atoms. The van der Waals surface area contributed by atoms with E-state index in [9.17, 15) is 22.8 Å². The topological polar surface area (TPSA) is 123 Å². The standard InChI is InChI=1S/C18H22N2O7S/c1-5-20(6-2)28(24,25)12-7-8-15-13(9-12)14(10-16(21)19-15)18(23)27-11(3)17(22)26-4/h7-11H,5-6H2,1-4H3,(H,19,21)/t11-/m0/s1. The van der Waals surface area contributed by atoms with Crippen molar-refractivity contribution in [3.8, 4) is 0 Å². The van der Waals surface area contributed by atoms with Gasteiger partial charge in [0.1, 0.15) is 0 Å². The van der Waals surface area contributed by atoms with Gasteiger partial charge >= 0.3 is 11.9 Å². The Kier molecular flexibility index (Phi) is 6.57. The minimum absolute atomic E-state index is 0.0224. The second-order valence-corrected chi connectivity index (χ2v) is 7.85. The number of methoxy groups -OCH3 is 1. The molecule has 0 amide bonds. The number of H-pyrrole nitrogens is 1. The molecule has 1 heterocycles. The fourth-order valence-corrected chi connectivity index (χ4v) is 4.20. The van der Waals surface area contributed by atoms with Gasteiger partial charge in [-0.05, 0) is 25.1 Å². The number of hydrogen-bond acceptors (Lipinski definition) is 7. The number of nitrogens with one attached hydrogen (secondary N) is 1. The summed E-state index contributed by atoms with van der Waals surface area (Å²) in [6.07, 6.45) is -1.19. The number of hydrogen-bond donors (Lipinski definition) is 1. The molecule has 28 heavy (non-hydrogen) atoms. The van der Waals surface area contributed by atoms with E-state index in [-0.39, 0.29) is 34.5 Å². The lowest BCUT2D eigenvalue weighted by Gasteiger charge is -2.19. The van der Waals surface area contributed by atoms with Crippen LogP contribution in [0.25, 0.3) is 10.9 Å². The van der Waals surface area contributed by atoms with E-state index in [2.05, 4.69) is 9.72 Å². The van der Waals surface area contributed by atoms with Gasteiger partial charge in [0.05, 0.1) is 17.6 Å². The molecule has 2 aromatic rings. The molecular weight excluding hydrogens is 388 g/mol. The average Bonchev–Trinajstić information content (AvgIpc) is 2.66. The summed E-state index contributed by atoms with van der Waals surface area (Å²) in [5, 5.41) is 0.190. The van der Waals surface area contributed by atoms with Gasteiger partial charge in [-0.2, -0.15) is 4.31 Å². The summed E-state index contributed by atoms with van der Waals surface area (Å²) in [5.41, 5.74) is -0.445. The van der Waals surface area contributed by atoms with Crippen LogP contribution in [-0.2, 0) is 24.3 Å². The van der Waals surface area contributed by atoms with E-state index in [4.69, 9.17) is 4.74 Å². The molecule has 0 aliphatic carbocycles. The Morgan fingerprint density at radius 1 is 1.18 bits per heavy atom. The first-order valence-electron chi connectivity index (χ1n) is 8.61. The number of carbonyl (C=O) groups excluding carboxylic acids is 2. The average molecular weight is 410 g/mol. The predicted molar refractivity (Wildman–Crippen MR) is 102 cm³/mol. The van der Waals surface area contributed by atoms with Crippen LogP contribution in [0.1, 0.15) is 31.1 Å². The molecule has 1 aromatic carbocycles. The van der Waals surface area contributed by atoms with Gasteiger partial charge in [0.2, 0.25) is 15.6 Å². The first kappa shape index (κ1) is 21.6. The second-order valence-electron chi connectivity index (χ2n) is 5.91. The predicted octanol–water partition coefficient (Wildman–Crippen LogP) is 1.28. The van der Waals surface area contributed by atoms with Crippen LogP contribution >= 0.6 is 0 Å². The maximum atomic E-state index is 12.8. The lowest BCUT2D eigenvalue weighted by Crippen LogP contribution is -2.30. The molecule has 0 saturated heterocycles. The third kappa shape index (κ3) is 4.23. The molecule has 0 aliphatic rings. The Hall–Kier alpha value is -2.72. The lowest BCUT2D eigenvalue weighted by molar-refractivity contribution is -0.149. The highest BCUT2D eigenvalue weighted by atomic mass is 32.2. The third-order valence-corrected chi connectivity index (χ3v) is 6.24. The Morgan fingerprint density at radius 2 is 1.82 bits per heavy atom.